The number of esters is 1. The highest BCUT2D eigenvalue weighted by atomic mass is 19.1. The molecule has 1 rings (SSSR count). The summed E-state index contributed by atoms with van der Waals surface area (Å²) in [6.45, 7) is 1.67. The molecule has 1 atom stereocenters. The highest BCUT2D eigenvalue weighted by Gasteiger charge is 2.20. The van der Waals surface area contributed by atoms with Gasteiger partial charge in [-0.2, -0.15) is 4.39 Å². The molecule has 0 N–H and O–H groups in total. The molecule has 1 aromatic carbocycles. The fraction of sp³-hybridized carbons (Fsp3) is 0.417. The minimum atomic E-state index is -2.18. The number of hydrogen-bond donors (Lipinski definition) is 0. The summed E-state index contributed by atoms with van der Waals surface area (Å²) in [6.07, 6.45) is -2.18. The lowest BCUT2D eigenvalue weighted by Crippen LogP contribution is -2.24. The van der Waals surface area contributed by atoms with Crippen molar-refractivity contribution in [2.75, 3.05) is 20.8 Å². The number of carbonyl (C=O) groups is 1. The molecule has 0 aliphatic rings. The largest absolute Gasteiger partial charge is 0.496 e. The molecule has 0 aliphatic heterocycles. The van der Waals surface area contributed by atoms with Crippen LogP contribution in [0, 0.1) is 0 Å². The van der Waals surface area contributed by atoms with Gasteiger partial charge in [0.2, 0.25) is 0 Å². The number of alkyl halides is 1. The quantitative estimate of drug-likeness (QED) is 0.730. The number of hydrogen-bond acceptors (Lipinski definition) is 5. The van der Waals surface area contributed by atoms with Crippen LogP contribution in [0.5, 0.6) is 17.2 Å². The molecule has 0 aromatic heterocycles. The van der Waals surface area contributed by atoms with Crippen LogP contribution in [0.25, 0.3) is 0 Å². The zero-order valence-corrected chi connectivity index (χ0v) is 10.4. The van der Waals surface area contributed by atoms with E-state index in [1.165, 1.54) is 26.4 Å². The number of rotatable bonds is 6. The lowest BCUT2D eigenvalue weighted by atomic mass is 10.3. The molecule has 1 aromatic rings. The Morgan fingerprint density at radius 3 is 2.11 bits per heavy atom. The summed E-state index contributed by atoms with van der Waals surface area (Å²) in [5, 5.41) is 0. The van der Waals surface area contributed by atoms with E-state index in [-0.39, 0.29) is 12.4 Å². The third-order valence-electron chi connectivity index (χ3n) is 2.04. The minimum Gasteiger partial charge on any atom is -0.496 e. The van der Waals surface area contributed by atoms with Crippen LogP contribution in [-0.4, -0.2) is 33.2 Å². The van der Waals surface area contributed by atoms with Crippen LogP contribution in [0.4, 0.5) is 4.39 Å². The molecule has 5 nitrogen and oxygen atoms in total. The second-order valence-electron chi connectivity index (χ2n) is 3.23. The summed E-state index contributed by atoms with van der Waals surface area (Å²) in [4.78, 5) is 11.1. The molecular formula is C12H15FO5. The van der Waals surface area contributed by atoms with Gasteiger partial charge >= 0.3 is 12.3 Å². The van der Waals surface area contributed by atoms with Crippen molar-refractivity contribution in [3.8, 4) is 17.2 Å². The van der Waals surface area contributed by atoms with Gasteiger partial charge < -0.3 is 18.9 Å². The molecule has 0 saturated carbocycles. The number of halogens is 1. The van der Waals surface area contributed by atoms with Gasteiger partial charge in [0.15, 0.2) is 0 Å². The molecule has 1 unspecified atom stereocenters. The van der Waals surface area contributed by atoms with E-state index >= 15 is 0 Å². The zero-order valence-electron chi connectivity index (χ0n) is 10.4. The van der Waals surface area contributed by atoms with Crippen molar-refractivity contribution >= 4 is 5.97 Å². The van der Waals surface area contributed by atoms with E-state index in [1.54, 1.807) is 13.0 Å². The molecule has 0 fully saturated rings. The topological polar surface area (TPSA) is 54.0 Å². The molecule has 6 heteroatoms. The molecule has 0 amide bonds. The number of methoxy groups -OCH3 is 2. The van der Waals surface area contributed by atoms with Crippen LogP contribution < -0.4 is 14.2 Å². The van der Waals surface area contributed by atoms with Gasteiger partial charge in [-0.05, 0) is 6.92 Å². The van der Waals surface area contributed by atoms with Crippen molar-refractivity contribution in [1.29, 1.82) is 0 Å². The van der Waals surface area contributed by atoms with E-state index in [0.717, 1.165) is 0 Å². The van der Waals surface area contributed by atoms with Crippen LogP contribution in [-0.2, 0) is 9.53 Å². The van der Waals surface area contributed by atoms with Crippen molar-refractivity contribution in [2.45, 2.75) is 13.3 Å². The van der Waals surface area contributed by atoms with Gasteiger partial charge in [0.05, 0.1) is 20.8 Å². The van der Waals surface area contributed by atoms with Gasteiger partial charge in [-0.25, -0.2) is 4.79 Å². The molecule has 100 valence electrons. The van der Waals surface area contributed by atoms with E-state index in [9.17, 15) is 9.18 Å². The lowest BCUT2D eigenvalue weighted by molar-refractivity contribution is -0.159. The van der Waals surface area contributed by atoms with Crippen LogP contribution in [0.3, 0.4) is 0 Å². The second kappa shape index (κ2) is 6.68. The first-order valence-corrected chi connectivity index (χ1v) is 5.31. The number of carbonyl (C=O) groups excluding carboxylic acids is 1. The van der Waals surface area contributed by atoms with Crippen molar-refractivity contribution in [3.05, 3.63) is 18.2 Å². The summed E-state index contributed by atoms with van der Waals surface area (Å²) in [6, 6.07) is 4.48. The molecule has 0 bridgehead atoms. The molecule has 0 spiro atoms. The first-order chi connectivity index (χ1) is 8.60. The van der Waals surface area contributed by atoms with Crippen molar-refractivity contribution in [1.82, 2.24) is 0 Å². The molecule has 0 saturated heterocycles. The standard InChI is InChI=1S/C12H15FO5/c1-4-17-12(14)11(13)18-10-6-8(15-2)5-9(7-10)16-3/h5-7,11H,4H2,1-3H3. The van der Waals surface area contributed by atoms with Crippen LogP contribution >= 0.6 is 0 Å². The number of ether oxygens (including phenoxy) is 4. The molecule has 18 heavy (non-hydrogen) atoms. The average Bonchev–Trinajstić information content (AvgIpc) is 2.38. The highest BCUT2D eigenvalue weighted by molar-refractivity contribution is 5.73. The third kappa shape index (κ3) is 3.80. The van der Waals surface area contributed by atoms with Gasteiger partial charge in [-0.1, -0.05) is 0 Å². The number of benzene rings is 1. The Balaban J connectivity index is 2.79. The van der Waals surface area contributed by atoms with Crippen molar-refractivity contribution < 1.29 is 28.1 Å². The van der Waals surface area contributed by atoms with E-state index in [4.69, 9.17) is 14.2 Å². The summed E-state index contributed by atoms with van der Waals surface area (Å²) in [7, 11) is 2.91. The maximum absolute atomic E-state index is 13.4. The van der Waals surface area contributed by atoms with E-state index in [0.29, 0.717) is 11.5 Å². The first-order valence-electron chi connectivity index (χ1n) is 5.31. The van der Waals surface area contributed by atoms with Crippen LogP contribution in [0.2, 0.25) is 0 Å². The van der Waals surface area contributed by atoms with Crippen LogP contribution in [0.15, 0.2) is 18.2 Å². The first kappa shape index (κ1) is 14.1. The van der Waals surface area contributed by atoms with Crippen molar-refractivity contribution in [3.63, 3.8) is 0 Å². The summed E-state index contributed by atoms with van der Waals surface area (Å²) in [5.41, 5.74) is 0. The van der Waals surface area contributed by atoms with E-state index in [1.807, 2.05) is 0 Å². The van der Waals surface area contributed by atoms with Gasteiger partial charge in [-0.3, -0.25) is 0 Å². The monoisotopic (exact) mass is 258 g/mol. The fourth-order valence-electron chi connectivity index (χ4n) is 1.22. The van der Waals surface area contributed by atoms with Crippen molar-refractivity contribution in [2.24, 2.45) is 0 Å². The SMILES string of the molecule is CCOC(=O)C(F)Oc1cc(OC)cc(OC)c1. The van der Waals surface area contributed by atoms with Gasteiger partial charge in [0, 0.05) is 18.2 Å². The Morgan fingerprint density at radius 1 is 1.17 bits per heavy atom. The fourth-order valence-corrected chi connectivity index (χ4v) is 1.22. The van der Waals surface area contributed by atoms with E-state index < -0.39 is 12.3 Å². The van der Waals surface area contributed by atoms with Gasteiger partial charge in [0.25, 0.3) is 0 Å². The Labute approximate surface area is 104 Å². The molecule has 0 aliphatic carbocycles. The van der Waals surface area contributed by atoms with Crippen LogP contribution in [0.1, 0.15) is 6.92 Å². The Kier molecular flexibility index (Phi) is 5.23. The predicted octanol–water partition coefficient (Wildman–Crippen LogP) is 1.94. The third-order valence-corrected chi connectivity index (χ3v) is 2.04. The maximum Gasteiger partial charge on any atom is 0.381 e. The zero-order chi connectivity index (χ0) is 13.5. The summed E-state index contributed by atoms with van der Waals surface area (Å²) in [5.74, 6) is -0.0909. The predicted molar refractivity (Wildman–Crippen MR) is 61.7 cm³/mol. The Hall–Kier alpha value is -1.98. The summed E-state index contributed by atoms with van der Waals surface area (Å²) >= 11 is 0. The second-order valence-corrected chi connectivity index (χ2v) is 3.23. The van der Waals surface area contributed by atoms with Gasteiger partial charge in [-0.15, -0.1) is 0 Å². The maximum atomic E-state index is 13.4. The Morgan fingerprint density at radius 2 is 1.67 bits per heavy atom. The highest BCUT2D eigenvalue weighted by Crippen LogP contribution is 2.28. The molecular weight excluding hydrogens is 243 g/mol. The minimum absolute atomic E-state index is 0.0873. The molecule has 0 heterocycles. The Bertz CT molecular complexity index is 385. The summed E-state index contributed by atoms with van der Waals surface area (Å²) < 4.78 is 32.6. The molecule has 0 radical (unpaired) electrons. The van der Waals surface area contributed by atoms with E-state index in [2.05, 4.69) is 4.74 Å². The van der Waals surface area contributed by atoms with Gasteiger partial charge in [0.1, 0.15) is 17.2 Å². The normalized spacial score (nSPS) is 11.6. The lowest BCUT2D eigenvalue weighted by Gasteiger charge is -2.12. The smallest absolute Gasteiger partial charge is 0.381 e. The average molecular weight is 258 g/mol.